The summed E-state index contributed by atoms with van der Waals surface area (Å²) >= 11 is 3.37. The first-order valence-electron chi connectivity index (χ1n) is 6.37. The van der Waals surface area contributed by atoms with Crippen molar-refractivity contribution < 1.29 is 9.66 Å². The van der Waals surface area contributed by atoms with Crippen molar-refractivity contribution >= 4 is 27.3 Å². The zero-order valence-electron chi connectivity index (χ0n) is 11.3. The Morgan fingerprint density at radius 1 is 1.40 bits per heavy atom. The number of anilines is 1. The lowest BCUT2D eigenvalue weighted by molar-refractivity contribution is -0.384. The first kappa shape index (κ1) is 15.1. The molecular weight excluding hydrogens is 328 g/mol. The van der Waals surface area contributed by atoms with Crippen LogP contribution in [0.5, 0.6) is 0 Å². The van der Waals surface area contributed by atoms with Gasteiger partial charge in [0.15, 0.2) is 0 Å². The van der Waals surface area contributed by atoms with E-state index in [0.29, 0.717) is 16.8 Å². The Hall–Kier alpha value is -1.25. The molecule has 2 rings (SSSR count). The molecule has 2 heterocycles. The van der Waals surface area contributed by atoms with Gasteiger partial charge in [-0.25, -0.2) is 0 Å². The second kappa shape index (κ2) is 6.96. The van der Waals surface area contributed by atoms with Crippen LogP contribution in [0.3, 0.4) is 0 Å². The Labute approximate surface area is 125 Å². The molecule has 0 unspecified atom stereocenters. The fraction of sp³-hybridized carbons (Fsp3) is 0.583. The van der Waals surface area contributed by atoms with E-state index in [0.717, 1.165) is 32.7 Å². The van der Waals surface area contributed by atoms with Crippen LogP contribution in [0.25, 0.3) is 0 Å². The van der Waals surface area contributed by atoms with Crippen LogP contribution in [0, 0.1) is 10.1 Å². The number of halogens is 1. The smallest absolute Gasteiger partial charge is 0.311 e. The van der Waals surface area contributed by atoms with Crippen molar-refractivity contribution in [2.24, 2.45) is 0 Å². The lowest BCUT2D eigenvalue weighted by atomic mass is 10.2. The number of nitro groups is 1. The zero-order chi connectivity index (χ0) is 14.5. The first-order chi connectivity index (χ1) is 9.63. The van der Waals surface area contributed by atoms with Gasteiger partial charge in [0, 0.05) is 46.0 Å². The van der Waals surface area contributed by atoms with Gasteiger partial charge < -0.3 is 9.64 Å². The summed E-state index contributed by atoms with van der Waals surface area (Å²) in [5, 5.41) is 11.1. The fourth-order valence-corrected chi connectivity index (χ4v) is 2.85. The maximum atomic E-state index is 11.1. The summed E-state index contributed by atoms with van der Waals surface area (Å²) in [6.07, 6.45) is 2.90. The van der Waals surface area contributed by atoms with Crippen LogP contribution >= 0.6 is 15.9 Å². The lowest BCUT2D eigenvalue weighted by Gasteiger charge is -2.35. The van der Waals surface area contributed by atoms with Gasteiger partial charge in [0.25, 0.3) is 0 Å². The number of hydrogen-bond donors (Lipinski definition) is 0. The van der Waals surface area contributed by atoms with Gasteiger partial charge in [-0.1, -0.05) is 0 Å². The third-order valence-corrected chi connectivity index (χ3v) is 3.93. The van der Waals surface area contributed by atoms with Crippen LogP contribution in [0.4, 0.5) is 11.4 Å². The Kier molecular flexibility index (Phi) is 5.27. The number of pyridine rings is 1. The Morgan fingerprint density at radius 2 is 2.10 bits per heavy atom. The molecule has 0 N–H and O–H groups in total. The van der Waals surface area contributed by atoms with Crippen molar-refractivity contribution in [2.75, 3.05) is 51.3 Å². The Bertz CT molecular complexity index is 478. The molecule has 0 atom stereocenters. The van der Waals surface area contributed by atoms with Crippen molar-refractivity contribution in [2.45, 2.75) is 0 Å². The first-order valence-corrected chi connectivity index (χ1v) is 7.17. The number of aromatic nitrogens is 1. The van der Waals surface area contributed by atoms with Crippen LogP contribution in [-0.2, 0) is 4.74 Å². The van der Waals surface area contributed by atoms with Gasteiger partial charge in [0.1, 0.15) is 11.9 Å². The minimum atomic E-state index is -0.385. The van der Waals surface area contributed by atoms with Gasteiger partial charge in [-0.05, 0) is 15.9 Å². The second-order valence-electron chi connectivity index (χ2n) is 4.57. The molecule has 1 saturated heterocycles. The molecule has 0 bridgehead atoms. The summed E-state index contributed by atoms with van der Waals surface area (Å²) in [4.78, 5) is 18.9. The predicted molar refractivity (Wildman–Crippen MR) is 79.1 cm³/mol. The lowest BCUT2D eigenvalue weighted by Crippen LogP contribution is -2.47. The van der Waals surface area contributed by atoms with Gasteiger partial charge in [-0.2, -0.15) is 0 Å². The van der Waals surface area contributed by atoms with Crippen LogP contribution in [-0.4, -0.2) is 61.2 Å². The average molecular weight is 345 g/mol. The summed E-state index contributed by atoms with van der Waals surface area (Å²) < 4.78 is 5.73. The summed E-state index contributed by atoms with van der Waals surface area (Å²) in [6.45, 7) is 4.86. The molecule has 8 heteroatoms. The molecule has 1 aromatic heterocycles. The molecule has 1 aliphatic rings. The molecule has 0 spiro atoms. The summed E-state index contributed by atoms with van der Waals surface area (Å²) in [7, 11) is 1.69. The number of ether oxygens (including phenoxy) is 1. The van der Waals surface area contributed by atoms with E-state index in [1.807, 2.05) is 4.90 Å². The standard InChI is InChI=1S/C12H17BrN4O3/c1-20-7-6-15-2-4-16(5-3-15)12-10(13)8-14-9-11(12)17(18)19/h8-9H,2-7H2,1H3. The van der Waals surface area contributed by atoms with Gasteiger partial charge in [-0.15, -0.1) is 0 Å². The van der Waals surface area contributed by atoms with E-state index in [4.69, 9.17) is 4.74 Å². The molecule has 1 aromatic rings. The van der Waals surface area contributed by atoms with Crippen LogP contribution in [0.1, 0.15) is 0 Å². The molecule has 0 radical (unpaired) electrons. The van der Waals surface area contributed by atoms with Gasteiger partial charge in [-0.3, -0.25) is 20.0 Å². The van der Waals surface area contributed by atoms with E-state index in [1.54, 1.807) is 13.3 Å². The Balaban J connectivity index is 2.09. The summed E-state index contributed by atoms with van der Waals surface area (Å²) in [5.41, 5.74) is 0.668. The van der Waals surface area contributed by atoms with E-state index < -0.39 is 0 Å². The number of rotatable bonds is 5. The molecule has 1 fully saturated rings. The number of piperazine rings is 1. The van der Waals surface area contributed by atoms with Crippen molar-refractivity contribution in [1.82, 2.24) is 9.88 Å². The Morgan fingerprint density at radius 3 is 2.70 bits per heavy atom. The molecule has 0 aliphatic carbocycles. The maximum Gasteiger partial charge on any atom is 0.311 e. The van der Waals surface area contributed by atoms with Crippen LogP contribution < -0.4 is 4.90 Å². The van der Waals surface area contributed by atoms with E-state index >= 15 is 0 Å². The average Bonchev–Trinajstić information content (AvgIpc) is 2.45. The summed E-state index contributed by atoms with van der Waals surface area (Å²) in [6, 6.07) is 0. The van der Waals surface area contributed by atoms with Crippen molar-refractivity contribution in [1.29, 1.82) is 0 Å². The molecule has 0 amide bonds. The molecular formula is C12H17BrN4O3. The number of nitrogens with zero attached hydrogens (tertiary/aromatic N) is 4. The quantitative estimate of drug-likeness (QED) is 0.595. The van der Waals surface area contributed by atoms with Crippen LogP contribution in [0.2, 0.25) is 0 Å². The molecule has 20 heavy (non-hydrogen) atoms. The van der Waals surface area contributed by atoms with Crippen molar-refractivity contribution in [3.63, 3.8) is 0 Å². The third kappa shape index (κ3) is 3.44. The maximum absolute atomic E-state index is 11.1. The topological polar surface area (TPSA) is 71.7 Å². The van der Waals surface area contributed by atoms with E-state index in [9.17, 15) is 10.1 Å². The molecule has 0 aromatic carbocycles. The highest BCUT2D eigenvalue weighted by Crippen LogP contribution is 2.35. The van der Waals surface area contributed by atoms with Crippen molar-refractivity contribution in [3.8, 4) is 0 Å². The van der Waals surface area contributed by atoms with E-state index in [-0.39, 0.29) is 10.6 Å². The van der Waals surface area contributed by atoms with E-state index in [2.05, 4.69) is 25.8 Å². The highest BCUT2D eigenvalue weighted by atomic mass is 79.9. The highest BCUT2D eigenvalue weighted by Gasteiger charge is 2.26. The normalized spacial score (nSPS) is 16.4. The minimum absolute atomic E-state index is 0.0460. The summed E-state index contributed by atoms with van der Waals surface area (Å²) in [5.74, 6) is 0. The fourth-order valence-electron chi connectivity index (χ4n) is 2.28. The predicted octanol–water partition coefficient (Wildman–Crippen LogP) is 1.52. The minimum Gasteiger partial charge on any atom is -0.383 e. The molecule has 0 saturated carbocycles. The molecule has 110 valence electrons. The van der Waals surface area contributed by atoms with Crippen molar-refractivity contribution in [3.05, 3.63) is 27.0 Å². The van der Waals surface area contributed by atoms with E-state index in [1.165, 1.54) is 6.20 Å². The number of hydrogen-bond acceptors (Lipinski definition) is 6. The largest absolute Gasteiger partial charge is 0.383 e. The SMILES string of the molecule is COCCN1CCN(c2c(Br)cncc2[N+](=O)[O-])CC1. The zero-order valence-corrected chi connectivity index (χ0v) is 12.9. The number of methoxy groups -OCH3 is 1. The third-order valence-electron chi connectivity index (χ3n) is 3.35. The van der Waals surface area contributed by atoms with Crippen LogP contribution in [0.15, 0.2) is 16.9 Å². The molecule has 1 aliphatic heterocycles. The second-order valence-corrected chi connectivity index (χ2v) is 5.42. The molecule has 7 nitrogen and oxygen atoms in total. The van der Waals surface area contributed by atoms with Gasteiger partial charge >= 0.3 is 5.69 Å². The van der Waals surface area contributed by atoms with Gasteiger partial charge in [0.2, 0.25) is 0 Å². The van der Waals surface area contributed by atoms with Gasteiger partial charge in [0.05, 0.1) is 16.0 Å². The monoisotopic (exact) mass is 344 g/mol. The highest BCUT2D eigenvalue weighted by molar-refractivity contribution is 9.10.